The summed E-state index contributed by atoms with van der Waals surface area (Å²) in [6.45, 7) is -0.168. The summed E-state index contributed by atoms with van der Waals surface area (Å²) in [6.07, 6.45) is 1.38. The lowest BCUT2D eigenvalue weighted by Crippen LogP contribution is -2.27. The van der Waals surface area contributed by atoms with Gasteiger partial charge in [0, 0.05) is 27.1 Å². The van der Waals surface area contributed by atoms with Crippen molar-refractivity contribution in [2.75, 3.05) is 5.32 Å². The first-order valence-electron chi connectivity index (χ1n) is 8.23. The number of anilines is 1. The lowest BCUT2D eigenvalue weighted by atomic mass is 10.2. The number of primary amides is 1. The van der Waals surface area contributed by atoms with Gasteiger partial charge in [-0.15, -0.1) is 22.7 Å². The van der Waals surface area contributed by atoms with Crippen LogP contribution >= 0.6 is 22.7 Å². The third-order valence-electron chi connectivity index (χ3n) is 4.11. The Bertz CT molecular complexity index is 1220. The Balaban J connectivity index is 1.58. The number of amides is 2. The average molecular weight is 410 g/mol. The molecule has 2 amide bonds. The number of carbonyl (C=O) groups is 2. The first-order valence-corrected chi connectivity index (χ1v) is 9.99. The summed E-state index contributed by atoms with van der Waals surface area (Å²) in [6, 6.07) is 10.1. The SMILES string of the molecule is NC(=O)c1ccc(NC(=O)Cn2cnc3scc(-c4cccs4)c3c2=O)cc1. The molecule has 0 bridgehead atoms. The van der Waals surface area contributed by atoms with Gasteiger partial charge in [-0.25, -0.2) is 4.98 Å². The van der Waals surface area contributed by atoms with Gasteiger partial charge < -0.3 is 11.1 Å². The highest BCUT2D eigenvalue weighted by Crippen LogP contribution is 2.33. The molecular formula is C19H14N4O3S2. The van der Waals surface area contributed by atoms with Gasteiger partial charge in [0.05, 0.1) is 11.7 Å². The maximum absolute atomic E-state index is 12.9. The summed E-state index contributed by atoms with van der Waals surface area (Å²) in [5.74, 6) is -0.913. The van der Waals surface area contributed by atoms with Crippen molar-refractivity contribution in [3.63, 3.8) is 0 Å². The second-order valence-electron chi connectivity index (χ2n) is 5.97. The van der Waals surface area contributed by atoms with Crippen LogP contribution in [0.1, 0.15) is 10.4 Å². The van der Waals surface area contributed by atoms with Crippen molar-refractivity contribution in [1.82, 2.24) is 9.55 Å². The number of carbonyl (C=O) groups excluding carboxylic acids is 2. The smallest absolute Gasteiger partial charge is 0.263 e. The van der Waals surface area contributed by atoms with E-state index in [0.717, 1.165) is 10.4 Å². The molecule has 3 N–H and O–H groups in total. The van der Waals surface area contributed by atoms with E-state index in [9.17, 15) is 14.4 Å². The van der Waals surface area contributed by atoms with E-state index in [0.29, 0.717) is 21.5 Å². The summed E-state index contributed by atoms with van der Waals surface area (Å²) in [5, 5.41) is 7.08. The molecule has 0 aliphatic rings. The predicted octanol–water partition coefficient (Wildman–Crippen LogP) is 2.92. The molecule has 4 aromatic rings. The molecule has 0 spiro atoms. The molecule has 7 nitrogen and oxygen atoms in total. The van der Waals surface area contributed by atoms with E-state index in [4.69, 9.17) is 5.73 Å². The predicted molar refractivity (Wildman–Crippen MR) is 111 cm³/mol. The number of hydrogen-bond donors (Lipinski definition) is 2. The molecule has 3 aromatic heterocycles. The molecule has 4 rings (SSSR count). The molecule has 28 heavy (non-hydrogen) atoms. The van der Waals surface area contributed by atoms with Crippen molar-refractivity contribution in [3.05, 3.63) is 69.4 Å². The lowest BCUT2D eigenvalue weighted by Gasteiger charge is -2.08. The molecule has 0 unspecified atom stereocenters. The molecule has 0 aliphatic heterocycles. The summed E-state index contributed by atoms with van der Waals surface area (Å²) >= 11 is 2.95. The molecular weight excluding hydrogens is 396 g/mol. The molecule has 0 fully saturated rings. The van der Waals surface area contributed by atoms with E-state index in [-0.39, 0.29) is 18.0 Å². The van der Waals surface area contributed by atoms with Gasteiger partial charge in [0.2, 0.25) is 11.8 Å². The molecule has 9 heteroatoms. The van der Waals surface area contributed by atoms with Gasteiger partial charge in [-0.05, 0) is 35.7 Å². The summed E-state index contributed by atoms with van der Waals surface area (Å²) in [7, 11) is 0. The minimum absolute atomic E-state index is 0.168. The highest BCUT2D eigenvalue weighted by molar-refractivity contribution is 7.18. The molecule has 0 atom stereocenters. The fraction of sp³-hybridized carbons (Fsp3) is 0.0526. The van der Waals surface area contributed by atoms with Gasteiger partial charge in [-0.3, -0.25) is 19.0 Å². The maximum Gasteiger partial charge on any atom is 0.263 e. The fourth-order valence-electron chi connectivity index (χ4n) is 2.77. The minimum Gasteiger partial charge on any atom is -0.366 e. The molecule has 0 saturated carbocycles. The molecule has 1 aromatic carbocycles. The Hall–Kier alpha value is -3.30. The van der Waals surface area contributed by atoms with E-state index >= 15 is 0 Å². The van der Waals surface area contributed by atoms with Gasteiger partial charge >= 0.3 is 0 Å². The molecule has 0 radical (unpaired) electrons. The van der Waals surface area contributed by atoms with Gasteiger partial charge in [0.25, 0.3) is 5.56 Å². The highest BCUT2D eigenvalue weighted by atomic mass is 32.1. The number of fused-ring (bicyclic) bond motifs is 1. The van der Waals surface area contributed by atoms with Gasteiger partial charge in [-0.2, -0.15) is 0 Å². The average Bonchev–Trinajstić information content (AvgIpc) is 3.34. The van der Waals surface area contributed by atoms with Crippen LogP contribution in [0.5, 0.6) is 0 Å². The number of nitrogens with two attached hydrogens (primary N) is 1. The van der Waals surface area contributed by atoms with Crippen LogP contribution < -0.4 is 16.6 Å². The van der Waals surface area contributed by atoms with Crippen LogP contribution in [-0.4, -0.2) is 21.4 Å². The third kappa shape index (κ3) is 3.45. The maximum atomic E-state index is 12.9. The first-order chi connectivity index (χ1) is 13.5. The number of rotatable bonds is 5. The summed E-state index contributed by atoms with van der Waals surface area (Å²) in [4.78, 5) is 42.3. The fourth-order valence-corrected chi connectivity index (χ4v) is 4.49. The van der Waals surface area contributed by atoms with E-state index < -0.39 is 5.91 Å². The Kier molecular flexibility index (Phi) is 4.76. The second-order valence-corrected chi connectivity index (χ2v) is 7.78. The van der Waals surface area contributed by atoms with E-state index in [1.54, 1.807) is 23.5 Å². The van der Waals surface area contributed by atoms with E-state index in [1.807, 2.05) is 22.9 Å². The Labute approximate surface area is 167 Å². The van der Waals surface area contributed by atoms with Crippen molar-refractivity contribution in [2.24, 2.45) is 5.73 Å². The standard InChI is InChI=1S/C19H14N4O3S2/c20-17(25)11-3-5-12(6-4-11)22-15(24)8-23-10-21-18-16(19(23)26)13(9-28-18)14-2-1-7-27-14/h1-7,9-10H,8H2,(H2,20,25)(H,22,24). The molecule has 140 valence electrons. The van der Waals surface area contributed by atoms with E-state index in [1.165, 1.54) is 34.4 Å². The number of aromatic nitrogens is 2. The van der Waals surface area contributed by atoms with Gasteiger partial charge in [0.1, 0.15) is 11.4 Å². The summed E-state index contributed by atoms with van der Waals surface area (Å²) < 4.78 is 1.29. The number of benzene rings is 1. The van der Waals surface area contributed by atoms with Crippen LogP contribution in [0, 0.1) is 0 Å². The molecule has 3 heterocycles. The quantitative estimate of drug-likeness (QED) is 0.527. The lowest BCUT2D eigenvalue weighted by molar-refractivity contribution is -0.116. The van der Waals surface area contributed by atoms with Crippen LogP contribution in [-0.2, 0) is 11.3 Å². The molecule has 0 aliphatic carbocycles. The van der Waals surface area contributed by atoms with Crippen LogP contribution in [0.15, 0.2) is 58.3 Å². The number of nitrogens with one attached hydrogen (secondary N) is 1. The van der Waals surface area contributed by atoms with Crippen molar-refractivity contribution >= 4 is 50.4 Å². The normalized spacial score (nSPS) is 10.9. The van der Waals surface area contributed by atoms with Crippen molar-refractivity contribution in [2.45, 2.75) is 6.54 Å². The third-order valence-corrected chi connectivity index (χ3v) is 5.90. The summed E-state index contributed by atoms with van der Waals surface area (Å²) in [5.41, 5.74) is 6.64. The monoisotopic (exact) mass is 410 g/mol. The first kappa shape index (κ1) is 18.1. The minimum atomic E-state index is -0.541. The van der Waals surface area contributed by atoms with Crippen LogP contribution in [0.2, 0.25) is 0 Å². The Morgan fingerprint density at radius 3 is 2.61 bits per heavy atom. The number of nitrogens with zero attached hydrogens (tertiary/aromatic N) is 2. The number of thiophene rings is 2. The zero-order valence-corrected chi connectivity index (χ0v) is 16.0. The van der Waals surface area contributed by atoms with E-state index in [2.05, 4.69) is 10.3 Å². The van der Waals surface area contributed by atoms with Gasteiger partial charge in [-0.1, -0.05) is 6.07 Å². The van der Waals surface area contributed by atoms with Crippen LogP contribution in [0.3, 0.4) is 0 Å². The highest BCUT2D eigenvalue weighted by Gasteiger charge is 2.15. The Morgan fingerprint density at radius 1 is 1.14 bits per heavy atom. The topological polar surface area (TPSA) is 107 Å². The van der Waals surface area contributed by atoms with Crippen LogP contribution in [0.25, 0.3) is 20.7 Å². The Morgan fingerprint density at radius 2 is 1.93 bits per heavy atom. The second kappa shape index (κ2) is 7.37. The van der Waals surface area contributed by atoms with Gasteiger partial charge in [0.15, 0.2) is 0 Å². The van der Waals surface area contributed by atoms with Crippen LogP contribution in [0.4, 0.5) is 5.69 Å². The molecule has 0 saturated heterocycles. The van der Waals surface area contributed by atoms with Crippen molar-refractivity contribution < 1.29 is 9.59 Å². The largest absolute Gasteiger partial charge is 0.366 e. The zero-order valence-electron chi connectivity index (χ0n) is 14.4. The number of hydrogen-bond acceptors (Lipinski definition) is 6. The van der Waals surface area contributed by atoms with Crippen molar-refractivity contribution in [3.8, 4) is 10.4 Å². The van der Waals surface area contributed by atoms with Crippen molar-refractivity contribution in [1.29, 1.82) is 0 Å². The zero-order chi connectivity index (χ0) is 19.7.